The second-order valence-electron chi connectivity index (χ2n) is 4.42. The molecule has 0 aliphatic heterocycles. The minimum Gasteiger partial charge on any atom is -0.294 e. The Morgan fingerprint density at radius 1 is 1.10 bits per heavy atom. The van der Waals surface area contributed by atoms with Crippen molar-refractivity contribution in [3.05, 3.63) is 68.9 Å². The van der Waals surface area contributed by atoms with Crippen molar-refractivity contribution in [3.8, 4) is 0 Å². The van der Waals surface area contributed by atoms with Crippen molar-refractivity contribution in [1.29, 1.82) is 0 Å². The Hall–Kier alpha value is -1.62. The standard InChI is InChI=1S/C15H10BrF3O/c1-8-4-11(17)3-2-9(8)5-14(20)15-12(18)6-10(16)7-13(15)19/h2-4,6-7H,5H2,1H3. The molecule has 20 heavy (non-hydrogen) atoms. The van der Waals surface area contributed by atoms with Crippen LogP contribution in [-0.4, -0.2) is 5.78 Å². The normalized spacial score (nSPS) is 10.7. The summed E-state index contributed by atoms with van der Waals surface area (Å²) >= 11 is 2.95. The highest BCUT2D eigenvalue weighted by Crippen LogP contribution is 2.22. The van der Waals surface area contributed by atoms with Crippen molar-refractivity contribution in [2.24, 2.45) is 0 Å². The van der Waals surface area contributed by atoms with Gasteiger partial charge in [0.15, 0.2) is 5.78 Å². The molecule has 0 saturated carbocycles. The van der Waals surface area contributed by atoms with E-state index in [-0.39, 0.29) is 10.9 Å². The minimum atomic E-state index is -0.915. The molecule has 0 bridgehead atoms. The molecule has 0 saturated heterocycles. The van der Waals surface area contributed by atoms with Gasteiger partial charge < -0.3 is 0 Å². The molecule has 2 aromatic rings. The molecule has 1 nitrogen and oxygen atoms in total. The van der Waals surface area contributed by atoms with Crippen LogP contribution >= 0.6 is 15.9 Å². The quantitative estimate of drug-likeness (QED) is 0.745. The van der Waals surface area contributed by atoms with E-state index in [1.165, 1.54) is 18.2 Å². The smallest absolute Gasteiger partial charge is 0.173 e. The lowest BCUT2D eigenvalue weighted by Gasteiger charge is -2.07. The Morgan fingerprint density at radius 3 is 2.25 bits per heavy atom. The fourth-order valence-corrected chi connectivity index (χ4v) is 2.33. The lowest BCUT2D eigenvalue weighted by molar-refractivity contribution is 0.0984. The molecule has 0 amide bonds. The third kappa shape index (κ3) is 3.10. The molecule has 0 heterocycles. The van der Waals surface area contributed by atoms with Gasteiger partial charge in [-0.25, -0.2) is 13.2 Å². The second-order valence-corrected chi connectivity index (χ2v) is 5.33. The summed E-state index contributed by atoms with van der Waals surface area (Å²) in [5.74, 6) is -2.93. The van der Waals surface area contributed by atoms with Crippen molar-refractivity contribution in [2.45, 2.75) is 13.3 Å². The largest absolute Gasteiger partial charge is 0.294 e. The number of carbonyl (C=O) groups excluding carboxylic acids is 1. The first-order valence-corrected chi connectivity index (χ1v) is 6.60. The summed E-state index contributed by atoms with van der Waals surface area (Å²) in [7, 11) is 0. The van der Waals surface area contributed by atoms with Crippen LogP contribution in [0.3, 0.4) is 0 Å². The predicted octanol–water partition coefficient (Wildman–Crippen LogP) is 4.60. The van der Waals surface area contributed by atoms with E-state index in [1.54, 1.807) is 6.92 Å². The number of hydrogen-bond acceptors (Lipinski definition) is 1. The van der Waals surface area contributed by atoms with Crippen molar-refractivity contribution in [3.63, 3.8) is 0 Å². The Morgan fingerprint density at radius 2 is 1.70 bits per heavy atom. The van der Waals surface area contributed by atoms with E-state index in [1.807, 2.05) is 0 Å². The maximum atomic E-state index is 13.7. The first-order chi connectivity index (χ1) is 9.38. The Labute approximate surface area is 122 Å². The molecule has 0 aromatic heterocycles. The summed E-state index contributed by atoms with van der Waals surface area (Å²) in [5, 5.41) is 0. The maximum absolute atomic E-state index is 13.7. The lowest BCUT2D eigenvalue weighted by Crippen LogP contribution is -2.10. The van der Waals surface area contributed by atoms with Crippen molar-refractivity contribution >= 4 is 21.7 Å². The molecule has 0 spiro atoms. The highest BCUT2D eigenvalue weighted by Gasteiger charge is 2.19. The third-order valence-corrected chi connectivity index (χ3v) is 3.40. The number of benzene rings is 2. The molecular formula is C15H10BrF3O. The van der Waals surface area contributed by atoms with Gasteiger partial charge >= 0.3 is 0 Å². The van der Waals surface area contributed by atoms with Gasteiger partial charge in [0.1, 0.15) is 17.5 Å². The first-order valence-electron chi connectivity index (χ1n) is 5.81. The van der Waals surface area contributed by atoms with Gasteiger partial charge in [0.25, 0.3) is 0 Å². The molecule has 0 atom stereocenters. The number of Topliss-reactive ketones (excluding diaryl/α,β-unsaturated/α-hetero) is 1. The molecule has 0 fully saturated rings. The number of aryl methyl sites for hydroxylation is 1. The third-order valence-electron chi connectivity index (χ3n) is 2.94. The van der Waals surface area contributed by atoms with Crippen LogP contribution in [0.1, 0.15) is 21.5 Å². The number of hydrogen-bond donors (Lipinski definition) is 0. The summed E-state index contributed by atoms with van der Waals surface area (Å²) in [6, 6.07) is 6.00. The van der Waals surface area contributed by atoms with Gasteiger partial charge in [-0.3, -0.25) is 4.79 Å². The van der Waals surface area contributed by atoms with Gasteiger partial charge in [0.2, 0.25) is 0 Å². The Kier molecular flexibility index (Phi) is 4.28. The van der Waals surface area contributed by atoms with E-state index in [9.17, 15) is 18.0 Å². The number of carbonyl (C=O) groups is 1. The Balaban J connectivity index is 2.33. The van der Waals surface area contributed by atoms with Crippen LogP contribution in [0, 0.1) is 24.4 Å². The molecule has 104 valence electrons. The summed E-state index contributed by atoms with van der Waals surface area (Å²) in [4.78, 5) is 12.0. The van der Waals surface area contributed by atoms with Gasteiger partial charge in [-0.15, -0.1) is 0 Å². The second kappa shape index (κ2) is 5.79. The minimum absolute atomic E-state index is 0.179. The van der Waals surface area contributed by atoms with Gasteiger partial charge in [-0.2, -0.15) is 0 Å². The molecule has 0 aliphatic rings. The maximum Gasteiger partial charge on any atom is 0.173 e. The summed E-state index contributed by atoms with van der Waals surface area (Å²) < 4.78 is 40.6. The molecule has 0 unspecified atom stereocenters. The molecule has 0 N–H and O–H groups in total. The van der Waals surface area contributed by atoms with Crippen LogP contribution in [0.25, 0.3) is 0 Å². The highest BCUT2D eigenvalue weighted by molar-refractivity contribution is 9.10. The monoisotopic (exact) mass is 342 g/mol. The molecule has 0 aliphatic carbocycles. The van der Waals surface area contributed by atoms with Crippen molar-refractivity contribution in [2.75, 3.05) is 0 Å². The SMILES string of the molecule is Cc1cc(F)ccc1CC(=O)c1c(F)cc(Br)cc1F. The van der Waals surface area contributed by atoms with E-state index in [2.05, 4.69) is 15.9 Å². The molecule has 0 radical (unpaired) electrons. The van der Waals surface area contributed by atoms with Gasteiger partial charge in [0, 0.05) is 10.9 Å². The average Bonchev–Trinajstić information content (AvgIpc) is 2.31. The van der Waals surface area contributed by atoms with E-state index < -0.39 is 28.8 Å². The lowest BCUT2D eigenvalue weighted by atomic mass is 9.99. The molecule has 2 rings (SSSR count). The average molecular weight is 343 g/mol. The van der Waals surface area contributed by atoms with Crippen molar-refractivity contribution in [1.82, 2.24) is 0 Å². The van der Waals surface area contributed by atoms with E-state index in [0.717, 1.165) is 12.1 Å². The summed E-state index contributed by atoms with van der Waals surface area (Å²) in [5.41, 5.74) is 0.534. The van der Waals surface area contributed by atoms with Crippen LogP contribution in [0.4, 0.5) is 13.2 Å². The van der Waals surface area contributed by atoms with Crippen LogP contribution in [0.15, 0.2) is 34.8 Å². The Bertz CT molecular complexity index is 660. The zero-order valence-corrected chi connectivity index (χ0v) is 12.1. The fourth-order valence-electron chi connectivity index (χ4n) is 1.93. The molecule has 2 aromatic carbocycles. The first kappa shape index (κ1) is 14.8. The van der Waals surface area contributed by atoms with Gasteiger partial charge in [-0.05, 0) is 42.3 Å². The molecule has 5 heteroatoms. The topological polar surface area (TPSA) is 17.1 Å². The van der Waals surface area contributed by atoms with Gasteiger partial charge in [0.05, 0.1) is 5.56 Å². The predicted molar refractivity (Wildman–Crippen MR) is 73.2 cm³/mol. The van der Waals surface area contributed by atoms with Gasteiger partial charge in [-0.1, -0.05) is 22.0 Å². The van der Waals surface area contributed by atoms with Crippen LogP contribution in [0.5, 0.6) is 0 Å². The zero-order valence-electron chi connectivity index (χ0n) is 10.5. The summed E-state index contributed by atoms with van der Waals surface area (Å²) in [6.07, 6.45) is -0.179. The number of rotatable bonds is 3. The van der Waals surface area contributed by atoms with E-state index >= 15 is 0 Å². The molecular weight excluding hydrogens is 333 g/mol. The fraction of sp³-hybridized carbons (Fsp3) is 0.133. The van der Waals surface area contributed by atoms with Crippen molar-refractivity contribution < 1.29 is 18.0 Å². The van der Waals surface area contributed by atoms with E-state index in [0.29, 0.717) is 11.1 Å². The number of halogens is 4. The van der Waals surface area contributed by atoms with Crippen LogP contribution in [-0.2, 0) is 6.42 Å². The van der Waals surface area contributed by atoms with Crippen LogP contribution < -0.4 is 0 Å². The van der Waals surface area contributed by atoms with E-state index in [4.69, 9.17) is 0 Å². The number of ketones is 1. The van der Waals surface area contributed by atoms with Crippen LogP contribution in [0.2, 0.25) is 0 Å². The highest BCUT2D eigenvalue weighted by atomic mass is 79.9. The summed E-state index contributed by atoms with van der Waals surface area (Å²) in [6.45, 7) is 1.64. The zero-order chi connectivity index (χ0) is 14.9.